The highest BCUT2D eigenvalue weighted by atomic mass is 28.2. The summed E-state index contributed by atoms with van der Waals surface area (Å²) < 4.78 is 49.3. The smallest absolute Gasteiger partial charge is 0.319 e. The van der Waals surface area contributed by atoms with Gasteiger partial charge in [0, 0.05) is 43.4 Å². The number of fused-ring (bicyclic) bond motifs is 3. The predicted molar refractivity (Wildman–Crippen MR) is 163 cm³/mol. The minimum Gasteiger partial charge on any atom is -0.508 e. The van der Waals surface area contributed by atoms with Crippen LogP contribution in [0.1, 0.15) is 38.7 Å². The number of aryl methyl sites for hydroxylation is 1. The molecule has 3 fully saturated rings. The molecule has 11 heteroatoms. The van der Waals surface area contributed by atoms with E-state index in [-0.39, 0.29) is 41.0 Å². The van der Waals surface area contributed by atoms with Crippen molar-refractivity contribution in [3.8, 4) is 23.0 Å². The third-order valence-electron chi connectivity index (χ3n) is 9.70. The van der Waals surface area contributed by atoms with Crippen LogP contribution in [0.5, 0.6) is 11.8 Å². The summed E-state index contributed by atoms with van der Waals surface area (Å²) in [6, 6.07) is 9.05. The minimum absolute atomic E-state index is 0.0183. The van der Waals surface area contributed by atoms with Gasteiger partial charge in [-0.05, 0) is 60.2 Å². The zero-order chi connectivity index (χ0) is 29.9. The molecule has 0 radical (unpaired) electrons. The van der Waals surface area contributed by atoms with E-state index in [1.807, 2.05) is 30.0 Å². The lowest BCUT2D eigenvalue weighted by atomic mass is 9.95. The van der Waals surface area contributed by atoms with Crippen molar-refractivity contribution in [3.05, 3.63) is 47.9 Å². The molecule has 8 nitrogen and oxygen atoms in total. The van der Waals surface area contributed by atoms with Gasteiger partial charge in [-0.25, -0.2) is 8.78 Å². The number of nitrogens with zero attached hydrogens (tertiary/aromatic N) is 5. The van der Waals surface area contributed by atoms with Crippen molar-refractivity contribution in [2.24, 2.45) is 5.92 Å². The molecule has 3 aliphatic rings. The molecule has 3 aliphatic heterocycles. The number of benzene rings is 2. The maximum absolute atomic E-state index is 16.7. The second-order valence-electron chi connectivity index (χ2n) is 12.4. The normalized spacial score (nSPS) is 25.6. The van der Waals surface area contributed by atoms with Crippen LogP contribution in [0, 0.1) is 11.7 Å². The number of rotatable bonds is 7. The number of hydrogen-bond acceptors (Lipinski definition) is 8. The van der Waals surface area contributed by atoms with Gasteiger partial charge in [0.1, 0.15) is 35.6 Å². The lowest BCUT2D eigenvalue weighted by molar-refractivity contribution is 0.107. The summed E-state index contributed by atoms with van der Waals surface area (Å²) >= 11 is 0. The Morgan fingerprint density at radius 2 is 2.07 bits per heavy atom. The summed E-state index contributed by atoms with van der Waals surface area (Å²) in [6.07, 6.45) is 3.62. The molecule has 1 N–H and O–H groups in total. The number of anilines is 1. The standard InChI is InChI=1S/C32H35F2N5O3Si/c1-3-19-6-4-7-20-10-22(40)11-23(26(19)20)28-27(34)29-24(13-35-28)30(38-14-18(2)25(16-38)43-41)37-31(36-29)42-17-32-8-5-9-39(32)15-21(33)12-32/h4,6-7,10-11,13,18,21,25,40,43H,3,5,8-9,12,14-17H2,1-2H3/t18-,21+,25?,32-/m0/s1. The maximum Gasteiger partial charge on any atom is 0.319 e. The first-order valence-electron chi connectivity index (χ1n) is 15.1. The summed E-state index contributed by atoms with van der Waals surface area (Å²) in [4.78, 5) is 18.1. The van der Waals surface area contributed by atoms with Crippen molar-refractivity contribution in [2.45, 2.75) is 56.8 Å². The summed E-state index contributed by atoms with van der Waals surface area (Å²) in [5, 5.41) is 12.6. The molecule has 5 heterocycles. The summed E-state index contributed by atoms with van der Waals surface area (Å²) in [5.41, 5.74) is 1.27. The number of phenols is 1. The molecule has 0 aliphatic carbocycles. The molecule has 7 rings (SSSR count). The molecular weight excluding hydrogens is 568 g/mol. The van der Waals surface area contributed by atoms with Gasteiger partial charge in [0.2, 0.25) is 0 Å². The van der Waals surface area contributed by atoms with E-state index < -0.39 is 26.9 Å². The Kier molecular flexibility index (Phi) is 7.12. The van der Waals surface area contributed by atoms with E-state index in [9.17, 15) is 14.0 Å². The fourth-order valence-corrected chi connectivity index (χ4v) is 8.21. The number of aromatic hydroxyl groups is 1. The highest BCUT2D eigenvalue weighted by Gasteiger charge is 2.49. The number of aromatic nitrogens is 3. The van der Waals surface area contributed by atoms with Crippen LogP contribution in [0.15, 0.2) is 36.5 Å². The third-order valence-corrected chi connectivity index (χ3v) is 10.9. The van der Waals surface area contributed by atoms with E-state index in [0.717, 1.165) is 42.1 Å². The number of ether oxygens (including phenoxy) is 1. The second kappa shape index (κ2) is 10.9. The maximum atomic E-state index is 16.7. The third kappa shape index (κ3) is 4.77. The lowest BCUT2D eigenvalue weighted by Crippen LogP contribution is -2.43. The number of phenolic OH excluding ortho intramolecular Hbond substituents is 1. The molecule has 224 valence electrons. The van der Waals surface area contributed by atoms with E-state index in [2.05, 4.69) is 21.8 Å². The SMILES string of the molecule is CCc1cccc2cc(O)cc(-c3ncc4c(N5CC([SiH]=O)[C@@H](C)C5)nc(OC[C@@]56CCCN5C[C@H](F)C6)nc4c3F)c12. The van der Waals surface area contributed by atoms with Crippen molar-refractivity contribution in [1.82, 2.24) is 19.9 Å². The number of alkyl halides is 1. The zero-order valence-corrected chi connectivity index (χ0v) is 25.5. The lowest BCUT2D eigenvalue weighted by Gasteiger charge is -2.31. The topological polar surface area (TPSA) is 91.7 Å². The van der Waals surface area contributed by atoms with Crippen LogP contribution in [-0.2, 0) is 10.9 Å². The molecule has 0 saturated carbocycles. The number of pyridine rings is 1. The van der Waals surface area contributed by atoms with Gasteiger partial charge in [0.05, 0.1) is 10.9 Å². The predicted octanol–water partition coefficient (Wildman–Crippen LogP) is 5.23. The van der Waals surface area contributed by atoms with Crippen molar-refractivity contribution in [2.75, 3.05) is 37.7 Å². The largest absolute Gasteiger partial charge is 0.508 e. The van der Waals surface area contributed by atoms with E-state index >= 15 is 4.39 Å². The van der Waals surface area contributed by atoms with E-state index in [1.54, 1.807) is 18.3 Å². The van der Waals surface area contributed by atoms with Gasteiger partial charge in [-0.1, -0.05) is 32.0 Å². The molecule has 43 heavy (non-hydrogen) atoms. The Hall–Kier alpha value is -3.57. The second-order valence-corrected chi connectivity index (χ2v) is 13.5. The van der Waals surface area contributed by atoms with Crippen molar-refractivity contribution < 1.29 is 23.1 Å². The molecule has 2 aromatic heterocycles. The van der Waals surface area contributed by atoms with Gasteiger partial charge in [-0.2, -0.15) is 9.97 Å². The van der Waals surface area contributed by atoms with Gasteiger partial charge in [-0.15, -0.1) is 0 Å². The molecule has 4 aromatic rings. The van der Waals surface area contributed by atoms with Crippen LogP contribution in [0.4, 0.5) is 14.6 Å². The van der Waals surface area contributed by atoms with Crippen LogP contribution < -0.4 is 9.64 Å². The fourth-order valence-electron chi connectivity index (χ4n) is 7.48. The summed E-state index contributed by atoms with van der Waals surface area (Å²) in [6.45, 7) is 6.71. The Bertz CT molecular complexity index is 1740. The van der Waals surface area contributed by atoms with Gasteiger partial charge < -0.3 is 19.2 Å². The Labute approximate surface area is 251 Å². The van der Waals surface area contributed by atoms with Gasteiger partial charge in [-0.3, -0.25) is 9.88 Å². The summed E-state index contributed by atoms with van der Waals surface area (Å²) in [5.74, 6) is 0.0684. The van der Waals surface area contributed by atoms with Crippen molar-refractivity contribution in [1.29, 1.82) is 0 Å². The number of hydrogen-bond donors (Lipinski definition) is 1. The van der Waals surface area contributed by atoms with Crippen LogP contribution in [0.25, 0.3) is 32.9 Å². The molecule has 3 saturated heterocycles. The van der Waals surface area contributed by atoms with E-state index in [0.29, 0.717) is 42.8 Å². The molecule has 0 amide bonds. The summed E-state index contributed by atoms with van der Waals surface area (Å²) in [7, 11) is -0.974. The van der Waals surface area contributed by atoms with Crippen LogP contribution >= 0.6 is 0 Å². The minimum atomic E-state index is -0.974. The van der Waals surface area contributed by atoms with Gasteiger partial charge >= 0.3 is 6.01 Å². The van der Waals surface area contributed by atoms with Crippen molar-refractivity contribution in [3.63, 3.8) is 0 Å². The van der Waals surface area contributed by atoms with Crippen LogP contribution in [0.3, 0.4) is 0 Å². The van der Waals surface area contributed by atoms with Crippen molar-refractivity contribution >= 4 is 36.9 Å². The monoisotopic (exact) mass is 603 g/mol. The number of halogens is 2. The quantitative estimate of drug-likeness (QED) is 0.287. The Morgan fingerprint density at radius 1 is 1.21 bits per heavy atom. The van der Waals surface area contributed by atoms with Crippen LogP contribution in [0.2, 0.25) is 5.54 Å². The average molecular weight is 604 g/mol. The molecular formula is C32H35F2N5O3Si. The first-order chi connectivity index (χ1) is 20.8. The average Bonchev–Trinajstić information content (AvgIpc) is 3.66. The molecule has 0 spiro atoms. The molecule has 4 atom stereocenters. The molecule has 2 aromatic carbocycles. The van der Waals surface area contributed by atoms with E-state index in [4.69, 9.17) is 9.72 Å². The van der Waals surface area contributed by atoms with Gasteiger partial charge in [0.15, 0.2) is 5.82 Å². The molecule has 0 bridgehead atoms. The highest BCUT2D eigenvalue weighted by Crippen LogP contribution is 2.42. The highest BCUT2D eigenvalue weighted by molar-refractivity contribution is 6.20. The zero-order valence-electron chi connectivity index (χ0n) is 24.4. The Morgan fingerprint density at radius 3 is 2.86 bits per heavy atom. The first-order valence-corrected chi connectivity index (χ1v) is 16.3. The van der Waals surface area contributed by atoms with E-state index in [1.165, 1.54) is 0 Å². The fraction of sp³-hybridized carbons (Fsp3) is 0.469. The van der Waals surface area contributed by atoms with Gasteiger partial charge in [0.25, 0.3) is 9.41 Å². The van der Waals surface area contributed by atoms with Crippen LogP contribution in [-0.4, -0.2) is 78.9 Å². The molecule has 1 unspecified atom stereocenters. The first kappa shape index (κ1) is 28.2. The Balaban J connectivity index is 1.37.